The maximum atomic E-state index is 11.8. The number of hydrogen-bond donors (Lipinski definition) is 1. The summed E-state index contributed by atoms with van der Waals surface area (Å²) in [6.45, 7) is 7.00. The van der Waals surface area contributed by atoms with Crippen molar-refractivity contribution in [3.63, 3.8) is 0 Å². The van der Waals surface area contributed by atoms with Gasteiger partial charge in [-0.1, -0.05) is 12.1 Å². The van der Waals surface area contributed by atoms with E-state index >= 15 is 0 Å². The molecule has 0 amide bonds. The lowest BCUT2D eigenvalue weighted by Gasteiger charge is -2.46. The van der Waals surface area contributed by atoms with Crippen LogP contribution in [0.5, 0.6) is 0 Å². The van der Waals surface area contributed by atoms with Crippen LogP contribution in [0.15, 0.2) is 42.6 Å². The van der Waals surface area contributed by atoms with Crippen molar-refractivity contribution in [2.75, 3.05) is 68.9 Å². The molecular weight excluding hydrogens is 490 g/mol. The minimum absolute atomic E-state index is 0.282. The summed E-state index contributed by atoms with van der Waals surface area (Å²) in [5.74, 6) is 1.60. The number of H-pyrrole nitrogens is 1. The van der Waals surface area contributed by atoms with E-state index in [1.165, 1.54) is 0 Å². The van der Waals surface area contributed by atoms with Gasteiger partial charge >= 0.3 is 0 Å². The minimum Gasteiger partial charge on any atom is -0.378 e. The SMILES string of the molecule is O=S1(=O)CCN(C2CN(Cc3cc4nc(-c5cccc6[nH]ccc56)cc(N5CCOCC5)n4n3)C2)CC1. The summed E-state index contributed by atoms with van der Waals surface area (Å²) in [6.07, 6.45) is 1.97. The lowest BCUT2D eigenvalue weighted by atomic mass is 10.1. The van der Waals surface area contributed by atoms with Crippen LogP contribution in [0.1, 0.15) is 5.69 Å². The summed E-state index contributed by atoms with van der Waals surface area (Å²) in [6, 6.07) is 13.1. The zero-order valence-electron chi connectivity index (χ0n) is 20.7. The molecule has 3 saturated heterocycles. The van der Waals surface area contributed by atoms with E-state index in [1.54, 1.807) is 0 Å². The highest BCUT2D eigenvalue weighted by atomic mass is 32.2. The molecule has 3 aromatic heterocycles. The Balaban J connectivity index is 1.16. The van der Waals surface area contributed by atoms with Gasteiger partial charge in [-0.25, -0.2) is 13.4 Å². The maximum absolute atomic E-state index is 11.8. The third kappa shape index (κ3) is 4.39. The van der Waals surface area contributed by atoms with Crippen molar-refractivity contribution in [2.45, 2.75) is 12.6 Å². The van der Waals surface area contributed by atoms with E-state index < -0.39 is 9.84 Å². The molecule has 0 spiro atoms. The van der Waals surface area contributed by atoms with Crippen LogP contribution in [0.3, 0.4) is 0 Å². The number of sulfone groups is 1. The molecule has 0 saturated carbocycles. The largest absolute Gasteiger partial charge is 0.378 e. The fourth-order valence-electron chi connectivity index (χ4n) is 5.77. The summed E-state index contributed by atoms with van der Waals surface area (Å²) in [4.78, 5) is 15.4. The quantitative estimate of drug-likeness (QED) is 0.423. The minimum atomic E-state index is -2.84. The lowest BCUT2D eigenvalue weighted by Crippen LogP contribution is -2.61. The molecule has 11 heteroatoms. The summed E-state index contributed by atoms with van der Waals surface area (Å²) < 4.78 is 31.1. The number of rotatable bonds is 5. The molecule has 3 fully saturated rings. The summed E-state index contributed by atoms with van der Waals surface area (Å²) in [7, 11) is -2.84. The zero-order chi connectivity index (χ0) is 25.0. The normalized spacial score (nSPS) is 21.6. The van der Waals surface area contributed by atoms with Crippen molar-refractivity contribution < 1.29 is 13.2 Å². The number of nitrogens with one attached hydrogen (secondary N) is 1. The van der Waals surface area contributed by atoms with Crippen LogP contribution in [0.25, 0.3) is 27.8 Å². The van der Waals surface area contributed by atoms with Gasteiger partial charge in [0.15, 0.2) is 15.5 Å². The standard InChI is InChI=1S/C26H31N7O3S/c34-37(35)12-8-31(9-13-37)20-17-30(18-20)16-19-14-25-28-24(21-2-1-3-23-22(21)4-5-27-23)15-26(33(25)29-19)32-6-10-36-11-7-32/h1-5,14-15,20,27H,6-13,16-18H2. The highest BCUT2D eigenvalue weighted by Gasteiger charge is 2.35. The number of likely N-dealkylation sites (tertiary alicyclic amines) is 1. The van der Waals surface area contributed by atoms with Gasteiger partial charge in [-0.3, -0.25) is 9.80 Å². The topological polar surface area (TPSA) is 99.1 Å². The summed E-state index contributed by atoms with van der Waals surface area (Å²) in [5, 5.41) is 6.14. The average Bonchev–Trinajstić information content (AvgIpc) is 3.53. The molecule has 0 bridgehead atoms. The van der Waals surface area contributed by atoms with Crippen LogP contribution < -0.4 is 4.90 Å². The number of fused-ring (bicyclic) bond motifs is 2. The third-order valence-electron chi connectivity index (χ3n) is 7.88. The summed E-state index contributed by atoms with van der Waals surface area (Å²) in [5.41, 5.74) is 4.99. The van der Waals surface area contributed by atoms with Crippen molar-refractivity contribution in [3.05, 3.63) is 48.3 Å². The monoisotopic (exact) mass is 521 g/mol. The lowest BCUT2D eigenvalue weighted by molar-refractivity contribution is 0.0326. The molecule has 194 valence electrons. The Morgan fingerprint density at radius 1 is 1.03 bits per heavy atom. The number of anilines is 1. The van der Waals surface area contributed by atoms with Crippen LogP contribution in [0.2, 0.25) is 0 Å². The Kier molecular flexibility index (Phi) is 5.69. The molecule has 1 aromatic carbocycles. The van der Waals surface area contributed by atoms with E-state index in [9.17, 15) is 8.42 Å². The molecule has 6 heterocycles. The number of nitrogens with zero attached hydrogens (tertiary/aromatic N) is 6. The Hall–Kier alpha value is -2.99. The van der Waals surface area contributed by atoms with Gasteiger partial charge in [0.25, 0.3) is 0 Å². The van der Waals surface area contributed by atoms with Crippen LogP contribution in [0, 0.1) is 0 Å². The van der Waals surface area contributed by atoms with Crippen LogP contribution in [-0.4, -0.2) is 108 Å². The second-order valence-electron chi connectivity index (χ2n) is 10.3. The Morgan fingerprint density at radius 2 is 1.84 bits per heavy atom. The molecule has 1 N–H and O–H groups in total. The zero-order valence-corrected chi connectivity index (χ0v) is 21.5. The predicted octanol–water partition coefficient (Wildman–Crippen LogP) is 1.63. The van der Waals surface area contributed by atoms with Crippen molar-refractivity contribution in [1.29, 1.82) is 0 Å². The number of aromatic amines is 1. The number of benzene rings is 1. The molecule has 37 heavy (non-hydrogen) atoms. The smallest absolute Gasteiger partial charge is 0.158 e. The number of ether oxygens (including phenoxy) is 1. The summed E-state index contributed by atoms with van der Waals surface area (Å²) >= 11 is 0. The van der Waals surface area contributed by atoms with E-state index in [4.69, 9.17) is 14.8 Å². The van der Waals surface area contributed by atoms with Gasteiger partial charge < -0.3 is 14.6 Å². The third-order valence-corrected chi connectivity index (χ3v) is 9.49. The molecule has 0 radical (unpaired) electrons. The Morgan fingerprint density at radius 3 is 2.65 bits per heavy atom. The number of morpholine rings is 1. The number of aromatic nitrogens is 4. The van der Waals surface area contributed by atoms with E-state index in [0.717, 1.165) is 72.0 Å². The fraction of sp³-hybridized carbons (Fsp3) is 0.462. The molecule has 7 rings (SSSR count). The molecule has 3 aliphatic rings. The molecule has 0 aliphatic carbocycles. The Bertz CT molecular complexity index is 1540. The van der Waals surface area contributed by atoms with E-state index in [-0.39, 0.29) is 11.5 Å². The van der Waals surface area contributed by atoms with Gasteiger partial charge in [0, 0.05) is 86.7 Å². The van der Waals surface area contributed by atoms with Crippen LogP contribution in [-0.2, 0) is 21.1 Å². The van der Waals surface area contributed by atoms with Gasteiger partial charge in [0.2, 0.25) is 0 Å². The maximum Gasteiger partial charge on any atom is 0.158 e. The molecule has 3 aliphatic heterocycles. The molecule has 10 nitrogen and oxygen atoms in total. The van der Waals surface area contributed by atoms with Gasteiger partial charge in [0.1, 0.15) is 5.82 Å². The van der Waals surface area contributed by atoms with Crippen molar-refractivity contribution in [3.8, 4) is 11.3 Å². The Labute approximate surface area is 215 Å². The fourth-order valence-corrected chi connectivity index (χ4v) is 7.00. The van der Waals surface area contributed by atoms with E-state index in [1.807, 2.05) is 10.7 Å². The van der Waals surface area contributed by atoms with Gasteiger partial charge in [-0.15, -0.1) is 0 Å². The van der Waals surface area contributed by atoms with Crippen LogP contribution >= 0.6 is 0 Å². The van der Waals surface area contributed by atoms with Crippen molar-refractivity contribution >= 4 is 32.2 Å². The van der Waals surface area contributed by atoms with Gasteiger partial charge in [-0.05, 0) is 12.1 Å². The van der Waals surface area contributed by atoms with E-state index in [0.29, 0.717) is 32.3 Å². The van der Waals surface area contributed by atoms with E-state index in [2.05, 4.69) is 56.1 Å². The second-order valence-corrected chi connectivity index (χ2v) is 12.6. The number of hydrogen-bond acceptors (Lipinski definition) is 8. The van der Waals surface area contributed by atoms with Gasteiger partial charge in [-0.2, -0.15) is 9.61 Å². The first kappa shape index (κ1) is 23.2. The highest BCUT2D eigenvalue weighted by molar-refractivity contribution is 7.91. The second kappa shape index (κ2) is 9.09. The first-order valence-corrected chi connectivity index (χ1v) is 14.8. The highest BCUT2D eigenvalue weighted by Crippen LogP contribution is 2.31. The predicted molar refractivity (Wildman–Crippen MR) is 143 cm³/mol. The first-order valence-electron chi connectivity index (χ1n) is 13.0. The average molecular weight is 522 g/mol. The molecule has 4 aromatic rings. The first-order chi connectivity index (χ1) is 18.0. The van der Waals surface area contributed by atoms with Crippen molar-refractivity contribution in [2.24, 2.45) is 0 Å². The van der Waals surface area contributed by atoms with Gasteiger partial charge in [0.05, 0.1) is 36.1 Å². The molecule has 0 unspecified atom stereocenters. The van der Waals surface area contributed by atoms with Crippen LogP contribution in [0.4, 0.5) is 5.82 Å². The van der Waals surface area contributed by atoms with Crippen molar-refractivity contribution in [1.82, 2.24) is 29.4 Å². The molecule has 0 atom stereocenters. The molecular formula is C26H31N7O3S.